The maximum Gasteiger partial charge on any atom is 0.306 e. The van der Waals surface area contributed by atoms with E-state index in [1.807, 2.05) is 0 Å². The van der Waals surface area contributed by atoms with Gasteiger partial charge in [-0.15, -0.1) is 0 Å². The van der Waals surface area contributed by atoms with Crippen molar-refractivity contribution in [1.82, 2.24) is 0 Å². The van der Waals surface area contributed by atoms with Crippen molar-refractivity contribution >= 4 is 17.9 Å². The summed E-state index contributed by atoms with van der Waals surface area (Å²) in [7, 11) is 0. The molecular formula is C56H102O6. The van der Waals surface area contributed by atoms with E-state index in [1.54, 1.807) is 0 Å². The Bertz CT molecular complexity index is 1050. The van der Waals surface area contributed by atoms with Crippen molar-refractivity contribution in [2.24, 2.45) is 0 Å². The van der Waals surface area contributed by atoms with Crippen LogP contribution in [0.15, 0.2) is 36.5 Å². The minimum atomic E-state index is -0.771. The fourth-order valence-electron chi connectivity index (χ4n) is 7.76. The van der Waals surface area contributed by atoms with E-state index in [-0.39, 0.29) is 31.1 Å². The molecule has 62 heavy (non-hydrogen) atoms. The molecule has 362 valence electrons. The zero-order chi connectivity index (χ0) is 45.1. The highest BCUT2D eigenvalue weighted by Crippen LogP contribution is 2.15. The number of hydrogen-bond donors (Lipinski definition) is 0. The summed E-state index contributed by atoms with van der Waals surface area (Å²) in [5.74, 6) is -0.875. The average molecular weight is 871 g/mol. The van der Waals surface area contributed by atoms with Crippen molar-refractivity contribution in [3.63, 3.8) is 0 Å². The SMILES string of the molecule is CCCCC/C=C\C/C=C\CCCCCCCCCCCC(=O)OCC(COC(=O)CCCCCCCCCC)OC(=O)CCCCCCCCC/C=C\CCCCCCCC. The summed E-state index contributed by atoms with van der Waals surface area (Å²) in [6.45, 7) is 6.60. The van der Waals surface area contributed by atoms with Crippen LogP contribution in [0, 0.1) is 0 Å². The summed E-state index contributed by atoms with van der Waals surface area (Å²) in [6, 6.07) is 0. The molecule has 0 bridgehead atoms. The van der Waals surface area contributed by atoms with E-state index < -0.39 is 6.10 Å². The lowest BCUT2D eigenvalue weighted by Crippen LogP contribution is -2.30. The molecule has 0 aromatic carbocycles. The van der Waals surface area contributed by atoms with Crippen molar-refractivity contribution < 1.29 is 28.6 Å². The lowest BCUT2D eigenvalue weighted by molar-refractivity contribution is -0.167. The molecule has 1 atom stereocenters. The first-order valence-electron chi connectivity index (χ1n) is 27.0. The summed E-state index contributed by atoms with van der Waals surface area (Å²) in [4.78, 5) is 37.9. The Balaban J connectivity index is 4.26. The third kappa shape index (κ3) is 48.7. The normalized spacial score (nSPS) is 12.2. The van der Waals surface area contributed by atoms with Gasteiger partial charge in [0.15, 0.2) is 6.10 Å². The lowest BCUT2D eigenvalue weighted by Gasteiger charge is -2.18. The van der Waals surface area contributed by atoms with Crippen LogP contribution in [0.1, 0.15) is 284 Å². The van der Waals surface area contributed by atoms with Crippen LogP contribution in [0.3, 0.4) is 0 Å². The van der Waals surface area contributed by atoms with Gasteiger partial charge >= 0.3 is 17.9 Å². The number of esters is 3. The number of carbonyl (C=O) groups is 3. The highest BCUT2D eigenvalue weighted by atomic mass is 16.6. The number of hydrogen-bond acceptors (Lipinski definition) is 6. The van der Waals surface area contributed by atoms with Gasteiger partial charge in [-0.25, -0.2) is 0 Å². The van der Waals surface area contributed by atoms with Crippen molar-refractivity contribution in [2.75, 3.05) is 13.2 Å². The zero-order valence-electron chi connectivity index (χ0n) is 41.4. The molecule has 0 N–H and O–H groups in total. The molecule has 0 aromatic heterocycles. The Morgan fingerprint density at radius 2 is 0.581 bits per heavy atom. The molecule has 0 spiro atoms. The Morgan fingerprint density at radius 1 is 0.323 bits per heavy atom. The zero-order valence-corrected chi connectivity index (χ0v) is 41.4. The number of unbranched alkanes of at least 4 members (excludes halogenated alkanes) is 32. The van der Waals surface area contributed by atoms with E-state index in [0.29, 0.717) is 19.3 Å². The molecule has 0 aromatic rings. The van der Waals surface area contributed by atoms with Gasteiger partial charge in [0, 0.05) is 19.3 Å². The van der Waals surface area contributed by atoms with Crippen LogP contribution in [0.5, 0.6) is 0 Å². The smallest absolute Gasteiger partial charge is 0.306 e. The Hall–Kier alpha value is -2.37. The van der Waals surface area contributed by atoms with Gasteiger partial charge in [-0.2, -0.15) is 0 Å². The molecule has 6 nitrogen and oxygen atoms in total. The van der Waals surface area contributed by atoms with E-state index in [9.17, 15) is 14.4 Å². The molecule has 0 aliphatic carbocycles. The van der Waals surface area contributed by atoms with Crippen molar-refractivity contribution in [2.45, 2.75) is 290 Å². The van der Waals surface area contributed by atoms with Gasteiger partial charge in [-0.05, 0) is 77.0 Å². The summed E-state index contributed by atoms with van der Waals surface area (Å²) >= 11 is 0. The van der Waals surface area contributed by atoms with E-state index >= 15 is 0 Å². The Kier molecular flexibility index (Phi) is 49.3. The summed E-state index contributed by atoms with van der Waals surface area (Å²) in [5.41, 5.74) is 0. The number of allylic oxidation sites excluding steroid dienone is 6. The molecular weight excluding hydrogens is 769 g/mol. The van der Waals surface area contributed by atoms with Gasteiger partial charge in [0.1, 0.15) is 13.2 Å². The van der Waals surface area contributed by atoms with Gasteiger partial charge in [0.25, 0.3) is 0 Å². The maximum absolute atomic E-state index is 12.8. The average Bonchev–Trinajstić information content (AvgIpc) is 3.27. The number of carbonyl (C=O) groups excluding carboxylic acids is 3. The second-order valence-corrected chi connectivity index (χ2v) is 18.1. The van der Waals surface area contributed by atoms with Gasteiger partial charge in [0.2, 0.25) is 0 Å². The molecule has 0 fully saturated rings. The number of rotatable bonds is 49. The highest BCUT2D eigenvalue weighted by molar-refractivity contribution is 5.71. The molecule has 0 radical (unpaired) electrons. The van der Waals surface area contributed by atoms with Crippen molar-refractivity contribution in [3.8, 4) is 0 Å². The first-order valence-corrected chi connectivity index (χ1v) is 27.0. The summed E-state index contributed by atoms with van der Waals surface area (Å²) < 4.78 is 16.8. The second kappa shape index (κ2) is 51.3. The van der Waals surface area contributed by atoms with Gasteiger partial charge in [0.05, 0.1) is 0 Å². The largest absolute Gasteiger partial charge is 0.462 e. The van der Waals surface area contributed by atoms with E-state index in [1.165, 1.54) is 180 Å². The molecule has 6 heteroatoms. The summed E-state index contributed by atoms with van der Waals surface area (Å²) in [6.07, 6.45) is 59.9. The van der Waals surface area contributed by atoms with Crippen LogP contribution in [0.2, 0.25) is 0 Å². The van der Waals surface area contributed by atoms with Crippen molar-refractivity contribution in [3.05, 3.63) is 36.5 Å². The second-order valence-electron chi connectivity index (χ2n) is 18.1. The van der Waals surface area contributed by atoms with Gasteiger partial charge < -0.3 is 14.2 Å². The van der Waals surface area contributed by atoms with Crippen LogP contribution in [-0.2, 0) is 28.6 Å². The van der Waals surface area contributed by atoms with E-state index in [0.717, 1.165) is 64.2 Å². The Labute approximate surface area is 385 Å². The molecule has 0 aliphatic heterocycles. The molecule has 0 saturated heterocycles. The topological polar surface area (TPSA) is 78.9 Å². The lowest BCUT2D eigenvalue weighted by atomic mass is 10.1. The summed E-state index contributed by atoms with van der Waals surface area (Å²) in [5, 5.41) is 0. The first kappa shape index (κ1) is 59.6. The third-order valence-corrected chi connectivity index (χ3v) is 11.9. The maximum atomic E-state index is 12.8. The fraction of sp³-hybridized carbons (Fsp3) is 0.839. The molecule has 0 heterocycles. The molecule has 0 amide bonds. The standard InChI is InChI=1S/C56H102O6/c1-4-7-10-13-16-19-21-23-25-27-28-30-31-33-35-37-40-43-46-49-55(58)61-52-53(51-60-54(57)48-45-42-39-18-15-12-9-6-3)62-56(59)50-47-44-41-38-36-34-32-29-26-24-22-20-17-14-11-8-5-2/h16,19,23-26,53H,4-15,17-18,20-22,27-52H2,1-3H3/b19-16-,25-23-,26-24-. The molecule has 1 unspecified atom stereocenters. The quantitative estimate of drug-likeness (QED) is 0.0262. The van der Waals surface area contributed by atoms with E-state index in [4.69, 9.17) is 14.2 Å². The van der Waals surface area contributed by atoms with E-state index in [2.05, 4.69) is 57.2 Å². The minimum absolute atomic E-state index is 0.0728. The third-order valence-electron chi connectivity index (χ3n) is 11.9. The fourth-order valence-corrected chi connectivity index (χ4v) is 7.76. The molecule has 0 rings (SSSR count). The predicted octanol–water partition coefficient (Wildman–Crippen LogP) is 17.7. The monoisotopic (exact) mass is 871 g/mol. The molecule has 0 aliphatic rings. The van der Waals surface area contributed by atoms with Crippen LogP contribution in [0.25, 0.3) is 0 Å². The number of ether oxygens (including phenoxy) is 3. The predicted molar refractivity (Wildman–Crippen MR) is 266 cm³/mol. The first-order chi connectivity index (χ1) is 30.5. The van der Waals surface area contributed by atoms with Crippen LogP contribution in [-0.4, -0.2) is 37.2 Å². The molecule has 0 saturated carbocycles. The minimum Gasteiger partial charge on any atom is -0.462 e. The van der Waals surface area contributed by atoms with Gasteiger partial charge in [-0.3, -0.25) is 14.4 Å². The Morgan fingerprint density at radius 3 is 0.935 bits per heavy atom. The highest BCUT2D eigenvalue weighted by Gasteiger charge is 2.19. The van der Waals surface area contributed by atoms with Crippen LogP contribution in [0.4, 0.5) is 0 Å². The van der Waals surface area contributed by atoms with Crippen LogP contribution >= 0.6 is 0 Å². The van der Waals surface area contributed by atoms with Crippen LogP contribution < -0.4 is 0 Å². The van der Waals surface area contributed by atoms with Gasteiger partial charge in [-0.1, -0.05) is 224 Å². The van der Waals surface area contributed by atoms with Crippen molar-refractivity contribution in [1.29, 1.82) is 0 Å².